The molecule has 1 amide bonds. The largest absolute Gasteiger partial charge is 0.387 e. The summed E-state index contributed by atoms with van der Waals surface area (Å²) >= 11 is 0. The van der Waals surface area contributed by atoms with E-state index in [1.165, 1.54) is 5.56 Å². The topological polar surface area (TPSA) is 65.5 Å². The molecule has 0 saturated carbocycles. The lowest BCUT2D eigenvalue weighted by Crippen LogP contribution is -2.60. The lowest BCUT2D eigenvalue weighted by Gasteiger charge is -2.44. The Hall–Kier alpha value is -2.24. The first-order valence-corrected chi connectivity index (χ1v) is 10.9. The average Bonchev–Trinajstić information content (AvgIpc) is 3.04. The van der Waals surface area contributed by atoms with Crippen LogP contribution in [-0.2, 0) is 17.8 Å². The first-order chi connectivity index (χ1) is 14.1. The third-order valence-electron chi connectivity index (χ3n) is 6.32. The Morgan fingerprint density at radius 3 is 2.33 bits per heavy atom. The molecular weight excluding hydrogens is 374 g/mol. The van der Waals surface area contributed by atoms with Gasteiger partial charge >= 0.3 is 0 Å². The van der Waals surface area contributed by atoms with E-state index in [9.17, 15) is 9.90 Å². The molecule has 2 N–H and O–H groups in total. The van der Waals surface area contributed by atoms with Crippen molar-refractivity contribution >= 4 is 5.91 Å². The van der Waals surface area contributed by atoms with Crippen molar-refractivity contribution in [2.75, 3.05) is 0 Å². The van der Waals surface area contributed by atoms with E-state index in [0.717, 1.165) is 12.0 Å². The molecule has 30 heavy (non-hydrogen) atoms. The summed E-state index contributed by atoms with van der Waals surface area (Å²) in [6.07, 6.45) is 4.62. The highest BCUT2D eigenvalue weighted by molar-refractivity contribution is 5.86. The van der Waals surface area contributed by atoms with Crippen molar-refractivity contribution in [2.45, 2.75) is 71.8 Å². The van der Waals surface area contributed by atoms with E-state index >= 15 is 0 Å². The Balaban J connectivity index is 1.88. The number of pyridine rings is 1. The monoisotopic (exact) mass is 409 g/mol. The zero-order chi connectivity index (χ0) is 21.9. The van der Waals surface area contributed by atoms with Crippen LogP contribution in [0.4, 0.5) is 0 Å². The second-order valence-corrected chi connectivity index (χ2v) is 9.78. The number of benzene rings is 1. The second kappa shape index (κ2) is 8.86. The average molecular weight is 410 g/mol. The SMILES string of the molecule is CC(C)C1N[C@@H]([C@@](O)(CCc2ccccc2)C(C)(C)C)C(=O)N1Cc1cccnc1. The lowest BCUT2D eigenvalue weighted by molar-refractivity contribution is -0.143. The van der Waals surface area contributed by atoms with Crippen LogP contribution in [0, 0.1) is 11.3 Å². The Labute approximate surface area is 180 Å². The van der Waals surface area contributed by atoms with Crippen molar-refractivity contribution in [3.63, 3.8) is 0 Å². The minimum absolute atomic E-state index is 0.0389. The summed E-state index contributed by atoms with van der Waals surface area (Å²) in [7, 11) is 0. The Morgan fingerprint density at radius 1 is 1.10 bits per heavy atom. The van der Waals surface area contributed by atoms with Gasteiger partial charge in [-0.1, -0.05) is 71.0 Å². The molecule has 1 unspecified atom stereocenters. The maximum atomic E-state index is 13.6. The molecule has 162 valence electrons. The molecule has 3 rings (SSSR count). The summed E-state index contributed by atoms with van der Waals surface area (Å²) in [4.78, 5) is 19.7. The van der Waals surface area contributed by atoms with E-state index in [-0.39, 0.29) is 18.0 Å². The summed E-state index contributed by atoms with van der Waals surface area (Å²) in [5, 5.41) is 15.4. The molecule has 3 atom stereocenters. The van der Waals surface area contributed by atoms with Crippen molar-refractivity contribution in [1.82, 2.24) is 15.2 Å². The van der Waals surface area contributed by atoms with Gasteiger partial charge in [0.05, 0.1) is 11.8 Å². The number of aliphatic hydroxyl groups is 1. The van der Waals surface area contributed by atoms with E-state index in [1.54, 1.807) is 12.4 Å². The predicted octanol–water partition coefficient (Wildman–Crippen LogP) is 3.77. The van der Waals surface area contributed by atoms with Crippen molar-refractivity contribution in [2.24, 2.45) is 11.3 Å². The lowest BCUT2D eigenvalue weighted by atomic mass is 9.69. The number of nitrogens with zero attached hydrogens (tertiary/aromatic N) is 2. The van der Waals surface area contributed by atoms with Crippen LogP contribution < -0.4 is 5.32 Å². The fourth-order valence-electron chi connectivity index (χ4n) is 4.33. The van der Waals surface area contributed by atoms with Crippen LogP contribution in [0.1, 0.15) is 52.2 Å². The smallest absolute Gasteiger partial charge is 0.244 e. The molecule has 1 aliphatic heterocycles. The third-order valence-corrected chi connectivity index (χ3v) is 6.32. The molecule has 2 heterocycles. The fraction of sp³-hybridized carbons (Fsp3) is 0.520. The Morgan fingerprint density at radius 2 is 1.77 bits per heavy atom. The Bertz CT molecular complexity index is 832. The van der Waals surface area contributed by atoms with E-state index in [0.29, 0.717) is 13.0 Å². The van der Waals surface area contributed by atoms with Gasteiger partial charge in [-0.2, -0.15) is 0 Å². The van der Waals surface area contributed by atoms with Gasteiger partial charge in [-0.3, -0.25) is 15.1 Å². The number of rotatable bonds is 7. The Kier molecular flexibility index (Phi) is 6.63. The van der Waals surface area contributed by atoms with Gasteiger partial charge in [0.25, 0.3) is 0 Å². The summed E-state index contributed by atoms with van der Waals surface area (Å²) in [6.45, 7) is 10.7. The van der Waals surface area contributed by atoms with Crippen molar-refractivity contribution in [3.8, 4) is 0 Å². The highest BCUT2D eigenvalue weighted by Gasteiger charge is 2.55. The number of carbonyl (C=O) groups excluding carboxylic acids is 1. The predicted molar refractivity (Wildman–Crippen MR) is 120 cm³/mol. The molecule has 1 saturated heterocycles. The first-order valence-electron chi connectivity index (χ1n) is 10.9. The number of carbonyl (C=O) groups is 1. The molecular formula is C25H35N3O2. The summed E-state index contributed by atoms with van der Waals surface area (Å²) < 4.78 is 0. The molecule has 1 fully saturated rings. The maximum absolute atomic E-state index is 13.6. The van der Waals surface area contributed by atoms with Gasteiger partial charge in [-0.25, -0.2) is 0 Å². The summed E-state index contributed by atoms with van der Waals surface area (Å²) in [5.74, 6) is 0.178. The van der Waals surface area contributed by atoms with E-state index in [1.807, 2.05) is 56.0 Å². The molecule has 0 radical (unpaired) electrons. The van der Waals surface area contributed by atoms with Crippen LogP contribution >= 0.6 is 0 Å². The number of amides is 1. The van der Waals surface area contributed by atoms with Crippen LogP contribution in [0.2, 0.25) is 0 Å². The van der Waals surface area contributed by atoms with E-state index in [2.05, 4.69) is 36.3 Å². The fourth-order valence-corrected chi connectivity index (χ4v) is 4.33. The quantitative estimate of drug-likeness (QED) is 0.731. The molecule has 0 aliphatic carbocycles. The van der Waals surface area contributed by atoms with Gasteiger partial charge in [-0.15, -0.1) is 0 Å². The van der Waals surface area contributed by atoms with Crippen LogP contribution in [0.15, 0.2) is 54.9 Å². The van der Waals surface area contributed by atoms with Crippen LogP contribution in [0.25, 0.3) is 0 Å². The van der Waals surface area contributed by atoms with Crippen LogP contribution in [-0.4, -0.2) is 38.7 Å². The number of aryl methyl sites for hydroxylation is 1. The summed E-state index contributed by atoms with van der Waals surface area (Å²) in [5.41, 5.74) is 0.498. The summed E-state index contributed by atoms with van der Waals surface area (Å²) in [6, 6.07) is 13.4. The molecule has 0 spiro atoms. The van der Waals surface area contributed by atoms with Crippen molar-refractivity contribution in [1.29, 1.82) is 0 Å². The van der Waals surface area contributed by atoms with Gasteiger partial charge in [0.1, 0.15) is 6.04 Å². The second-order valence-electron chi connectivity index (χ2n) is 9.78. The molecule has 1 aromatic heterocycles. The zero-order valence-corrected chi connectivity index (χ0v) is 18.8. The number of hydrogen-bond donors (Lipinski definition) is 2. The zero-order valence-electron chi connectivity index (χ0n) is 18.8. The maximum Gasteiger partial charge on any atom is 0.244 e. The van der Waals surface area contributed by atoms with Gasteiger partial charge < -0.3 is 10.0 Å². The number of hydrogen-bond acceptors (Lipinski definition) is 4. The van der Waals surface area contributed by atoms with Crippen molar-refractivity contribution < 1.29 is 9.90 Å². The van der Waals surface area contributed by atoms with Crippen molar-refractivity contribution in [3.05, 3.63) is 66.0 Å². The number of nitrogens with one attached hydrogen (secondary N) is 1. The minimum atomic E-state index is -1.18. The molecule has 5 nitrogen and oxygen atoms in total. The standard InChI is InChI=1S/C25H35N3O2/c1-18(2)22-27-21(23(29)28(22)17-20-12-9-15-26-16-20)25(30,24(3,4)5)14-13-19-10-7-6-8-11-19/h6-12,15-16,18,21-22,27,30H,13-14,17H2,1-5H3/t21-,22?,25+/m1/s1. The highest BCUT2D eigenvalue weighted by atomic mass is 16.3. The van der Waals surface area contributed by atoms with Crippen LogP contribution in [0.5, 0.6) is 0 Å². The highest BCUT2D eigenvalue weighted by Crippen LogP contribution is 2.40. The molecule has 2 aromatic rings. The minimum Gasteiger partial charge on any atom is -0.387 e. The normalized spacial score (nSPS) is 21.8. The molecule has 1 aromatic carbocycles. The van der Waals surface area contributed by atoms with Crippen LogP contribution in [0.3, 0.4) is 0 Å². The van der Waals surface area contributed by atoms with Gasteiger partial charge in [0.15, 0.2) is 0 Å². The van der Waals surface area contributed by atoms with E-state index < -0.39 is 17.1 Å². The van der Waals surface area contributed by atoms with Gasteiger partial charge in [0.2, 0.25) is 5.91 Å². The van der Waals surface area contributed by atoms with Gasteiger partial charge in [-0.05, 0) is 41.4 Å². The molecule has 1 aliphatic rings. The molecule has 5 heteroatoms. The number of aromatic nitrogens is 1. The third kappa shape index (κ3) is 4.57. The first kappa shape index (κ1) is 22.4. The molecule has 0 bridgehead atoms. The van der Waals surface area contributed by atoms with Gasteiger partial charge in [0, 0.05) is 18.9 Å². The van der Waals surface area contributed by atoms with E-state index in [4.69, 9.17) is 0 Å².